The largest absolute Gasteiger partial charge is 0.465 e. The number of likely N-dealkylation sites (tertiary alicyclic amines) is 1. The number of carbonyl (C=O) groups is 2. The normalized spacial score (nSPS) is 21.2. The van der Waals surface area contributed by atoms with Crippen molar-refractivity contribution in [3.05, 3.63) is 18.6 Å². The Labute approximate surface area is 222 Å². The summed E-state index contributed by atoms with van der Waals surface area (Å²) in [7, 11) is 0. The minimum atomic E-state index is -0.898. The molecule has 0 radical (unpaired) electrons. The van der Waals surface area contributed by atoms with E-state index in [9.17, 15) is 14.7 Å². The minimum Gasteiger partial charge on any atom is -0.465 e. The van der Waals surface area contributed by atoms with E-state index in [0.717, 1.165) is 48.9 Å². The van der Waals surface area contributed by atoms with Crippen LogP contribution in [0.2, 0.25) is 0 Å². The molecular formula is C21H26Br2IN5O4. The Morgan fingerprint density at radius 3 is 2.61 bits per heavy atom. The lowest BCUT2D eigenvalue weighted by Crippen LogP contribution is -2.40. The average Bonchev–Trinajstić information content (AvgIpc) is 3.42. The van der Waals surface area contributed by atoms with Crippen LogP contribution in [-0.4, -0.2) is 69.6 Å². The van der Waals surface area contributed by atoms with Crippen LogP contribution in [0, 0.1) is 3.57 Å². The molecule has 2 saturated heterocycles. The fraction of sp³-hybridized carbons (Fsp3) is 0.571. The topological polar surface area (TPSA) is 99.9 Å². The van der Waals surface area contributed by atoms with Crippen LogP contribution in [0.15, 0.2) is 15.0 Å². The molecule has 2 N–H and O–H groups in total. The van der Waals surface area contributed by atoms with Crippen LogP contribution in [-0.2, 0) is 4.74 Å². The van der Waals surface area contributed by atoms with Crippen LogP contribution in [0.5, 0.6) is 0 Å². The molecule has 2 aromatic rings. The van der Waals surface area contributed by atoms with Gasteiger partial charge in [-0.2, -0.15) is 0 Å². The third kappa shape index (κ3) is 5.21. The van der Waals surface area contributed by atoms with Crippen LogP contribution in [0.1, 0.15) is 39.7 Å². The molecule has 2 amide bonds. The molecule has 0 saturated carbocycles. The van der Waals surface area contributed by atoms with Crippen molar-refractivity contribution >= 4 is 83.6 Å². The van der Waals surface area contributed by atoms with Gasteiger partial charge in [0, 0.05) is 35.1 Å². The molecule has 33 heavy (non-hydrogen) atoms. The highest BCUT2D eigenvalue weighted by Gasteiger charge is 2.35. The van der Waals surface area contributed by atoms with Gasteiger partial charge >= 0.3 is 12.2 Å². The van der Waals surface area contributed by atoms with Crippen molar-refractivity contribution in [2.24, 2.45) is 0 Å². The fourth-order valence-electron chi connectivity index (χ4n) is 4.37. The number of hydrogen-bond acceptors (Lipinski definition) is 5. The summed E-state index contributed by atoms with van der Waals surface area (Å²) in [5.74, 6) is 0.804. The summed E-state index contributed by atoms with van der Waals surface area (Å²) in [6, 6.07) is 1.97. The Kier molecular flexibility index (Phi) is 7.08. The first-order valence-electron chi connectivity index (χ1n) is 10.7. The van der Waals surface area contributed by atoms with Gasteiger partial charge in [-0.3, -0.25) is 0 Å². The molecule has 2 aliphatic rings. The zero-order chi connectivity index (χ0) is 24.1. The predicted octanol–water partition coefficient (Wildman–Crippen LogP) is 5.19. The predicted molar refractivity (Wildman–Crippen MR) is 141 cm³/mol. The van der Waals surface area contributed by atoms with E-state index in [2.05, 4.69) is 69.2 Å². The molecule has 2 fully saturated rings. The molecule has 1 aromatic heterocycles. The molecular weight excluding hydrogens is 673 g/mol. The molecule has 0 aliphatic carbocycles. The maximum absolute atomic E-state index is 12.2. The maximum atomic E-state index is 12.2. The van der Waals surface area contributed by atoms with Crippen molar-refractivity contribution < 1.29 is 19.4 Å². The zero-order valence-electron chi connectivity index (χ0n) is 18.6. The van der Waals surface area contributed by atoms with Crippen molar-refractivity contribution in [3.8, 4) is 0 Å². The lowest BCUT2D eigenvalue weighted by molar-refractivity contribution is 0.0509. The summed E-state index contributed by atoms with van der Waals surface area (Å²) < 4.78 is 10.4. The number of alkyl carbamates (subject to hydrolysis) is 1. The summed E-state index contributed by atoms with van der Waals surface area (Å²) in [6.45, 7) is 7.79. The van der Waals surface area contributed by atoms with E-state index in [1.54, 1.807) is 0 Å². The van der Waals surface area contributed by atoms with E-state index in [1.165, 1.54) is 4.90 Å². The summed E-state index contributed by atoms with van der Waals surface area (Å²) in [5.41, 5.74) is 1.29. The first kappa shape index (κ1) is 24.8. The van der Waals surface area contributed by atoms with Gasteiger partial charge in [-0.1, -0.05) is 0 Å². The molecule has 0 bridgehead atoms. The zero-order valence-corrected chi connectivity index (χ0v) is 23.9. The summed E-state index contributed by atoms with van der Waals surface area (Å²) in [4.78, 5) is 32.4. The number of nitrogens with zero attached hydrogens (tertiary/aromatic N) is 4. The minimum absolute atomic E-state index is 0.0113. The number of imidazole rings is 1. The first-order valence-corrected chi connectivity index (χ1v) is 13.4. The molecule has 2 aliphatic heterocycles. The SMILES string of the molecule is CC(C)(C)OC(=O)N[C@@H]1CCN(c2nc3c(I)c(Br)c(Br)cc3n2[C@H]2CCN(C(=O)O)C2)C1. The van der Waals surface area contributed by atoms with Crippen LogP contribution < -0.4 is 10.2 Å². The molecule has 4 rings (SSSR count). The average molecular weight is 699 g/mol. The van der Waals surface area contributed by atoms with E-state index in [-0.39, 0.29) is 12.1 Å². The van der Waals surface area contributed by atoms with Crippen molar-refractivity contribution in [2.75, 3.05) is 31.1 Å². The standard InChI is InChI=1S/C21H26Br2IN5O4/c1-21(2,3)33-19(30)25-11-4-6-27(9-11)18-26-17-14(8-13(22)15(23)16(17)24)29(18)12-5-7-28(10-12)20(31)32/h8,11-12H,4-7,9-10H2,1-3H3,(H,25,30)(H,31,32)/t11-,12+/m1/s1. The molecule has 12 heteroatoms. The number of amides is 2. The van der Waals surface area contributed by atoms with Gasteiger partial charge in [0.2, 0.25) is 5.95 Å². The molecule has 1 aromatic carbocycles. The van der Waals surface area contributed by atoms with Gasteiger partial charge in [0.15, 0.2) is 0 Å². The third-order valence-electron chi connectivity index (χ3n) is 5.79. The second-order valence-electron chi connectivity index (χ2n) is 9.38. The second-order valence-corrected chi connectivity index (χ2v) is 12.1. The molecule has 180 valence electrons. The molecule has 9 nitrogen and oxygen atoms in total. The number of anilines is 1. The van der Waals surface area contributed by atoms with Crippen molar-refractivity contribution in [2.45, 2.75) is 51.3 Å². The van der Waals surface area contributed by atoms with Crippen LogP contribution in [0.25, 0.3) is 11.0 Å². The van der Waals surface area contributed by atoms with E-state index >= 15 is 0 Å². The van der Waals surface area contributed by atoms with Gasteiger partial charge in [-0.15, -0.1) is 0 Å². The third-order valence-corrected chi connectivity index (χ3v) is 9.57. The number of ether oxygens (including phenoxy) is 1. The first-order chi connectivity index (χ1) is 15.4. The molecule has 3 heterocycles. The van der Waals surface area contributed by atoms with Gasteiger partial charge in [0.1, 0.15) is 11.1 Å². The van der Waals surface area contributed by atoms with E-state index < -0.39 is 17.8 Å². The second kappa shape index (κ2) is 9.40. The quantitative estimate of drug-likeness (QED) is 0.338. The van der Waals surface area contributed by atoms with Gasteiger partial charge in [0.25, 0.3) is 0 Å². The molecule has 0 unspecified atom stereocenters. The highest BCUT2D eigenvalue weighted by atomic mass is 127. The number of aromatic nitrogens is 2. The van der Waals surface area contributed by atoms with Crippen molar-refractivity contribution in [1.29, 1.82) is 0 Å². The van der Waals surface area contributed by atoms with Crippen molar-refractivity contribution in [3.63, 3.8) is 0 Å². The van der Waals surface area contributed by atoms with Gasteiger partial charge in [0.05, 0.1) is 21.2 Å². The van der Waals surface area contributed by atoms with Crippen LogP contribution in [0.3, 0.4) is 0 Å². The van der Waals surface area contributed by atoms with E-state index in [4.69, 9.17) is 9.72 Å². The highest BCUT2D eigenvalue weighted by molar-refractivity contribution is 14.1. The number of benzene rings is 1. The smallest absolute Gasteiger partial charge is 0.407 e. The fourth-order valence-corrected chi connectivity index (χ4v) is 6.14. The Morgan fingerprint density at radius 1 is 1.24 bits per heavy atom. The number of hydrogen-bond donors (Lipinski definition) is 2. The number of carbonyl (C=O) groups excluding carboxylic acids is 1. The number of nitrogens with one attached hydrogen (secondary N) is 1. The number of halogens is 3. The monoisotopic (exact) mass is 697 g/mol. The molecule has 0 spiro atoms. The summed E-state index contributed by atoms with van der Waals surface area (Å²) in [5, 5.41) is 12.4. The van der Waals surface area contributed by atoms with Gasteiger partial charge in [-0.05, 0) is 94.1 Å². The number of carboxylic acid groups (broad SMARTS) is 1. The lowest BCUT2D eigenvalue weighted by atomic mass is 10.2. The Hall–Kier alpha value is -1.28. The van der Waals surface area contributed by atoms with Gasteiger partial charge in [-0.25, -0.2) is 14.6 Å². The van der Waals surface area contributed by atoms with E-state index in [0.29, 0.717) is 19.6 Å². The summed E-state index contributed by atoms with van der Waals surface area (Å²) in [6.07, 6.45) is 0.185. The number of rotatable bonds is 3. The highest BCUT2D eigenvalue weighted by Crippen LogP contribution is 2.40. The van der Waals surface area contributed by atoms with Crippen LogP contribution in [0.4, 0.5) is 15.5 Å². The van der Waals surface area contributed by atoms with Crippen LogP contribution >= 0.6 is 54.5 Å². The number of fused-ring (bicyclic) bond motifs is 1. The summed E-state index contributed by atoms with van der Waals surface area (Å²) >= 11 is 9.53. The Bertz CT molecular complexity index is 1100. The lowest BCUT2D eigenvalue weighted by Gasteiger charge is -2.24. The van der Waals surface area contributed by atoms with E-state index in [1.807, 2.05) is 26.8 Å². The van der Waals surface area contributed by atoms with Gasteiger partial charge < -0.3 is 29.5 Å². The Balaban J connectivity index is 1.65. The molecule has 2 atom stereocenters. The van der Waals surface area contributed by atoms with Crippen molar-refractivity contribution in [1.82, 2.24) is 19.8 Å². The Morgan fingerprint density at radius 2 is 1.97 bits per heavy atom. The maximum Gasteiger partial charge on any atom is 0.407 e.